The van der Waals surface area contributed by atoms with Gasteiger partial charge in [-0.2, -0.15) is 11.8 Å². The van der Waals surface area contributed by atoms with Gasteiger partial charge in [-0.15, -0.1) is 0 Å². The summed E-state index contributed by atoms with van der Waals surface area (Å²) in [6.45, 7) is 2.20. The molecule has 66 valence electrons. The van der Waals surface area contributed by atoms with Crippen LogP contribution in [0, 0.1) is 0 Å². The van der Waals surface area contributed by atoms with Crippen molar-refractivity contribution in [1.29, 1.82) is 0 Å². The lowest BCUT2D eigenvalue weighted by molar-refractivity contribution is 0.137. The SMILES string of the molecule is CCCSC1CCCCC1O. The summed E-state index contributed by atoms with van der Waals surface area (Å²) in [6.07, 6.45) is 6.02. The molecule has 0 bridgehead atoms. The Bertz CT molecular complexity index is 106. The molecule has 1 aliphatic carbocycles. The fourth-order valence-electron chi connectivity index (χ4n) is 1.54. The van der Waals surface area contributed by atoms with E-state index >= 15 is 0 Å². The molecule has 2 unspecified atom stereocenters. The van der Waals surface area contributed by atoms with Gasteiger partial charge in [-0.05, 0) is 25.0 Å². The number of aliphatic hydroxyl groups excluding tert-OH is 1. The Morgan fingerprint density at radius 2 is 2.09 bits per heavy atom. The summed E-state index contributed by atoms with van der Waals surface area (Å²) in [5, 5.41) is 10.1. The van der Waals surface area contributed by atoms with Crippen LogP contribution in [0.15, 0.2) is 0 Å². The molecule has 0 aliphatic heterocycles. The fourth-order valence-corrected chi connectivity index (χ4v) is 2.77. The molecular formula is C9H18OS. The predicted octanol–water partition coefficient (Wildman–Crippen LogP) is 2.43. The largest absolute Gasteiger partial charge is 0.392 e. The summed E-state index contributed by atoms with van der Waals surface area (Å²) in [5.41, 5.74) is 0. The third-order valence-corrected chi connectivity index (χ3v) is 3.83. The molecule has 0 aromatic carbocycles. The van der Waals surface area contributed by atoms with E-state index in [1.54, 1.807) is 0 Å². The van der Waals surface area contributed by atoms with E-state index in [1.165, 1.54) is 31.4 Å². The Hall–Kier alpha value is 0.310. The van der Waals surface area contributed by atoms with Gasteiger partial charge in [0.05, 0.1) is 6.10 Å². The highest BCUT2D eigenvalue weighted by Crippen LogP contribution is 2.28. The highest BCUT2D eigenvalue weighted by atomic mass is 32.2. The predicted molar refractivity (Wildman–Crippen MR) is 51.0 cm³/mol. The standard InChI is InChI=1S/C9H18OS/c1-2-7-11-9-6-4-3-5-8(9)10/h8-10H,2-7H2,1H3. The van der Waals surface area contributed by atoms with Gasteiger partial charge in [0.1, 0.15) is 0 Å². The maximum atomic E-state index is 9.57. The smallest absolute Gasteiger partial charge is 0.0658 e. The first kappa shape index (κ1) is 9.40. The average molecular weight is 174 g/mol. The van der Waals surface area contributed by atoms with Crippen LogP contribution in [0.5, 0.6) is 0 Å². The lowest BCUT2D eigenvalue weighted by atomic mass is 9.97. The highest BCUT2D eigenvalue weighted by Gasteiger charge is 2.22. The van der Waals surface area contributed by atoms with Crippen LogP contribution in [-0.4, -0.2) is 22.2 Å². The number of hydrogen-bond acceptors (Lipinski definition) is 2. The van der Waals surface area contributed by atoms with Crippen LogP contribution in [0.3, 0.4) is 0 Å². The summed E-state index contributed by atoms with van der Waals surface area (Å²) in [6, 6.07) is 0. The van der Waals surface area contributed by atoms with E-state index in [2.05, 4.69) is 6.92 Å². The molecule has 2 atom stereocenters. The molecule has 0 saturated heterocycles. The van der Waals surface area contributed by atoms with Gasteiger partial charge in [-0.1, -0.05) is 19.8 Å². The topological polar surface area (TPSA) is 20.2 Å². The molecule has 0 radical (unpaired) electrons. The minimum absolute atomic E-state index is 0.0136. The van der Waals surface area contributed by atoms with Crippen molar-refractivity contribution in [2.24, 2.45) is 0 Å². The van der Waals surface area contributed by atoms with Crippen molar-refractivity contribution in [2.45, 2.75) is 50.4 Å². The molecule has 0 amide bonds. The van der Waals surface area contributed by atoms with Crippen LogP contribution in [0.4, 0.5) is 0 Å². The van der Waals surface area contributed by atoms with Crippen LogP contribution in [0.25, 0.3) is 0 Å². The molecule has 1 rings (SSSR count). The van der Waals surface area contributed by atoms with E-state index in [0.717, 1.165) is 6.42 Å². The maximum Gasteiger partial charge on any atom is 0.0658 e. The van der Waals surface area contributed by atoms with Crippen molar-refractivity contribution in [3.63, 3.8) is 0 Å². The second-order valence-electron chi connectivity index (χ2n) is 3.26. The van der Waals surface area contributed by atoms with Crippen LogP contribution >= 0.6 is 11.8 Å². The Labute approximate surface area is 73.6 Å². The quantitative estimate of drug-likeness (QED) is 0.709. The van der Waals surface area contributed by atoms with E-state index in [9.17, 15) is 5.11 Å². The van der Waals surface area contributed by atoms with Crippen LogP contribution in [-0.2, 0) is 0 Å². The Morgan fingerprint density at radius 1 is 1.36 bits per heavy atom. The monoisotopic (exact) mass is 174 g/mol. The van der Waals surface area contributed by atoms with E-state index < -0.39 is 0 Å². The van der Waals surface area contributed by atoms with Gasteiger partial charge in [0.25, 0.3) is 0 Å². The fraction of sp³-hybridized carbons (Fsp3) is 1.00. The van der Waals surface area contributed by atoms with Gasteiger partial charge in [-0.25, -0.2) is 0 Å². The minimum atomic E-state index is -0.0136. The highest BCUT2D eigenvalue weighted by molar-refractivity contribution is 7.99. The zero-order valence-corrected chi connectivity index (χ0v) is 8.07. The molecular weight excluding hydrogens is 156 g/mol. The van der Waals surface area contributed by atoms with Crippen LogP contribution < -0.4 is 0 Å². The lowest BCUT2D eigenvalue weighted by Gasteiger charge is -2.26. The molecule has 1 aliphatic rings. The molecule has 1 saturated carbocycles. The second kappa shape index (κ2) is 5.04. The molecule has 0 spiro atoms. The van der Waals surface area contributed by atoms with Gasteiger partial charge in [0, 0.05) is 5.25 Å². The normalized spacial score (nSPS) is 32.2. The first-order valence-electron chi connectivity index (χ1n) is 4.64. The van der Waals surface area contributed by atoms with Crippen molar-refractivity contribution in [1.82, 2.24) is 0 Å². The molecule has 1 N–H and O–H groups in total. The number of rotatable bonds is 3. The van der Waals surface area contributed by atoms with Crippen LogP contribution in [0.2, 0.25) is 0 Å². The molecule has 0 aromatic rings. The zero-order valence-electron chi connectivity index (χ0n) is 7.25. The summed E-state index contributed by atoms with van der Waals surface area (Å²) < 4.78 is 0. The molecule has 1 nitrogen and oxygen atoms in total. The summed E-state index contributed by atoms with van der Waals surface area (Å²) in [5.74, 6) is 1.21. The molecule has 1 fully saturated rings. The number of aliphatic hydroxyl groups is 1. The van der Waals surface area contributed by atoms with E-state index in [4.69, 9.17) is 0 Å². The third-order valence-electron chi connectivity index (χ3n) is 2.20. The average Bonchev–Trinajstić information content (AvgIpc) is 2.03. The van der Waals surface area contributed by atoms with Gasteiger partial charge in [0.2, 0.25) is 0 Å². The third kappa shape index (κ3) is 3.04. The molecule has 2 heteroatoms. The first-order chi connectivity index (χ1) is 5.34. The first-order valence-corrected chi connectivity index (χ1v) is 5.69. The maximum absolute atomic E-state index is 9.57. The van der Waals surface area contributed by atoms with E-state index in [1.807, 2.05) is 11.8 Å². The second-order valence-corrected chi connectivity index (χ2v) is 4.61. The Morgan fingerprint density at radius 3 is 2.73 bits per heavy atom. The number of thioether (sulfide) groups is 1. The van der Waals surface area contributed by atoms with Crippen molar-refractivity contribution in [3.8, 4) is 0 Å². The minimum Gasteiger partial charge on any atom is -0.392 e. The van der Waals surface area contributed by atoms with Crippen molar-refractivity contribution in [3.05, 3.63) is 0 Å². The summed E-state index contributed by atoms with van der Waals surface area (Å²) in [7, 11) is 0. The van der Waals surface area contributed by atoms with Gasteiger partial charge in [-0.3, -0.25) is 0 Å². The van der Waals surface area contributed by atoms with Crippen molar-refractivity contribution < 1.29 is 5.11 Å². The Kier molecular flexibility index (Phi) is 4.31. The molecule has 0 heterocycles. The molecule has 11 heavy (non-hydrogen) atoms. The molecule has 0 aromatic heterocycles. The van der Waals surface area contributed by atoms with Crippen molar-refractivity contribution >= 4 is 11.8 Å². The van der Waals surface area contributed by atoms with Gasteiger partial charge in [0.15, 0.2) is 0 Å². The summed E-state index contributed by atoms with van der Waals surface area (Å²) in [4.78, 5) is 0. The van der Waals surface area contributed by atoms with Crippen LogP contribution in [0.1, 0.15) is 39.0 Å². The lowest BCUT2D eigenvalue weighted by Crippen LogP contribution is -2.26. The number of hydrogen-bond donors (Lipinski definition) is 1. The zero-order chi connectivity index (χ0) is 8.10. The van der Waals surface area contributed by atoms with Crippen molar-refractivity contribution in [2.75, 3.05) is 5.75 Å². The van der Waals surface area contributed by atoms with Gasteiger partial charge < -0.3 is 5.11 Å². The van der Waals surface area contributed by atoms with Gasteiger partial charge >= 0.3 is 0 Å². The Balaban J connectivity index is 2.18. The van der Waals surface area contributed by atoms with E-state index in [-0.39, 0.29) is 6.10 Å². The van der Waals surface area contributed by atoms with E-state index in [0.29, 0.717) is 5.25 Å². The summed E-state index contributed by atoms with van der Waals surface area (Å²) >= 11 is 1.96.